The van der Waals surface area contributed by atoms with Gasteiger partial charge in [0.15, 0.2) is 0 Å². The quantitative estimate of drug-likeness (QED) is 0.168. The molecule has 0 N–H and O–H groups in total. The highest BCUT2D eigenvalue weighted by atomic mass is 15.2. The molecular weight excluding hydrogens is 601 g/mol. The van der Waals surface area contributed by atoms with Crippen LogP contribution in [0.3, 0.4) is 0 Å². The molecule has 2 heterocycles. The second-order valence-electron chi connectivity index (χ2n) is 15.3. The molecule has 1 nitrogen and oxygen atoms in total. The Bertz CT molecular complexity index is 2190. The van der Waals surface area contributed by atoms with E-state index < -0.39 is 0 Å². The molecule has 50 heavy (non-hydrogen) atoms. The van der Waals surface area contributed by atoms with E-state index >= 15 is 0 Å². The fourth-order valence-corrected chi connectivity index (χ4v) is 9.93. The Morgan fingerprint density at radius 3 is 1.82 bits per heavy atom. The first-order chi connectivity index (χ1) is 24.8. The Kier molecular flexibility index (Phi) is 7.51. The van der Waals surface area contributed by atoms with Gasteiger partial charge in [-0.2, -0.15) is 0 Å². The van der Waals surface area contributed by atoms with Crippen LogP contribution in [0.25, 0.3) is 33.4 Å². The van der Waals surface area contributed by atoms with Crippen molar-refractivity contribution >= 4 is 40.2 Å². The molecule has 2 fully saturated rings. The average Bonchev–Trinajstić information content (AvgIpc) is 3.54. The molecule has 0 bridgehead atoms. The standard InChI is InChI=1S/C48H44BN/c1-4-13-33(14-5-1)36-23-26-41(27-24-36)50-46-28-25-39(35-17-8-3-9-18-35)31-45(46)49-44-22-11-10-21-42(44)43-30-40(32-47(50)48(43)49)38-20-12-19-37(29-38)34-15-6-2-7-16-34/h2,6-7,10-12,15-16,19-33,35H,1,3-5,8-9,13-14,17-18H2. The fraction of sp³-hybridized carbons (Fsp3) is 0.250. The van der Waals surface area contributed by atoms with Crippen molar-refractivity contribution in [3.8, 4) is 33.4 Å². The zero-order valence-electron chi connectivity index (χ0n) is 29.0. The zero-order chi connectivity index (χ0) is 33.0. The summed E-state index contributed by atoms with van der Waals surface area (Å²) < 4.78 is 0. The van der Waals surface area contributed by atoms with Crippen LogP contribution in [0.4, 0.5) is 17.1 Å². The molecule has 0 atom stereocenters. The second-order valence-corrected chi connectivity index (χ2v) is 15.3. The van der Waals surface area contributed by atoms with Crippen molar-refractivity contribution < 1.29 is 0 Å². The number of benzene rings is 6. The van der Waals surface area contributed by atoms with Crippen molar-refractivity contribution in [1.29, 1.82) is 0 Å². The molecule has 2 saturated carbocycles. The van der Waals surface area contributed by atoms with Gasteiger partial charge in [0.05, 0.1) is 0 Å². The lowest BCUT2D eigenvalue weighted by atomic mass is 9.37. The third-order valence-corrected chi connectivity index (χ3v) is 12.5. The molecule has 2 heteroatoms. The lowest BCUT2D eigenvalue weighted by Crippen LogP contribution is -2.54. The first-order valence-corrected chi connectivity index (χ1v) is 19.3. The highest BCUT2D eigenvalue weighted by Crippen LogP contribution is 2.45. The molecule has 10 rings (SSSR count). The van der Waals surface area contributed by atoms with E-state index in [9.17, 15) is 0 Å². The summed E-state index contributed by atoms with van der Waals surface area (Å²) in [4.78, 5) is 2.61. The van der Waals surface area contributed by atoms with Gasteiger partial charge in [0.2, 0.25) is 6.71 Å². The van der Waals surface area contributed by atoms with Gasteiger partial charge in [0, 0.05) is 17.1 Å². The average molecular weight is 646 g/mol. The molecule has 2 aliphatic carbocycles. The number of rotatable bonds is 5. The molecule has 6 aromatic carbocycles. The Balaban J connectivity index is 1.17. The van der Waals surface area contributed by atoms with Crippen LogP contribution >= 0.6 is 0 Å². The lowest BCUT2D eigenvalue weighted by molar-refractivity contribution is 0.443. The van der Waals surface area contributed by atoms with Gasteiger partial charge in [-0.25, -0.2) is 0 Å². The first-order valence-electron chi connectivity index (χ1n) is 19.3. The summed E-state index contributed by atoms with van der Waals surface area (Å²) in [5, 5.41) is 0. The maximum atomic E-state index is 2.62. The minimum absolute atomic E-state index is 0.247. The summed E-state index contributed by atoms with van der Waals surface area (Å²) in [6.07, 6.45) is 13.5. The first kappa shape index (κ1) is 30.0. The van der Waals surface area contributed by atoms with Gasteiger partial charge in [-0.3, -0.25) is 0 Å². The predicted octanol–water partition coefficient (Wildman–Crippen LogP) is 11.4. The lowest BCUT2D eigenvalue weighted by Gasteiger charge is -2.37. The van der Waals surface area contributed by atoms with Gasteiger partial charge in [-0.05, 0) is 129 Å². The number of hydrogen-bond donors (Lipinski definition) is 0. The Morgan fingerprint density at radius 1 is 0.420 bits per heavy atom. The van der Waals surface area contributed by atoms with E-state index in [1.807, 2.05) is 0 Å². The van der Waals surface area contributed by atoms with Gasteiger partial charge in [0.25, 0.3) is 0 Å². The molecule has 0 radical (unpaired) electrons. The normalized spacial score (nSPS) is 17.0. The summed E-state index contributed by atoms with van der Waals surface area (Å²) >= 11 is 0. The fourth-order valence-electron chi connectivity index (χ4n) is 9.93. The Morgan fingerprint density at radius 2 is 1.06 bits per heavy atom. The van der Waals surface area contributed by atoms with Crippen LogP contribution in [0.5, 0.6) is 0 Å². The van der Waals surface area contributed by atoms with Crippen molar-refractivity contribution in [3.63, 3.8) is 0 Å². The highest BCUT2D eigenvalue weighted by Gasteiger charge is 2.43. The third-order valence-electron chi connectivity index (χ3n) is 12.5. The van der Waals surface area contributed by atoms with Crippen molar-refractivity contribution in [1.82, 2.24) is 0 Å². The topological polar surface area (TPSA) is 3.24 Å². The molecule has 0 spiro atoms. The molecule has 2 aliphatic heterocycles. The number of nitrogens with zero attached hydrogens (tertiary/aromatic N) is 1. The zero-order valence-corrected chi connectivity index (χ0v) is 29.0. The maximum absolute atomic E-state index is 2.62. The van der Waals surface area contributed by atoms with E-state index in [0.717, 1.165) is 0 Å². The smallest absolute Gasteiger partial charge is 0.248 e. The van der Waals surface area contributed by atoms with E-state index in [1.165, 1.54) is 137 Å². The van der Waals surface area contributed by atoms with Crippen molar-refractivity contribution in [2.24, 2.45) is 0 Å². The van der Waals surface area contributed by atoms with Crippen molar-refractivity contribution in [2.75, 3.05) is 4.90 Å². The van der Waals surface area contributed by atoms with Crippen LogP contribution in [0.2, 0.25) is 0 Å². The van der Waals surface area contributed by atoms with E-state index in [1.54, 1.807) is 5.56 Å². The minimum atomic E-state index is 0.247. The Hall–Kier alpha value is -4.82. The van der Waals surface area contributed by atoms with Gasteiger partial charge < -0.3 is 4.90 Å². The molecule has 244 valence electrons. The van der Waals surface area contributed by atoms with Gasteiger partial charge >= 0.3 is 0 Å². The van der Waals surface area contributed by atoms with Gasteiger partial charge in [-0.1, -0.05) is 141 Å². The maximum Gasteiger partial charge on any atom is 0.248 e. The van der Waals surface area contributed by atoms with Gasteiger partial charge in [-0.15, -0.1) is 0 Å². The van der Waals surface area contributed by atoms with E-state index in [0.29, 0.717) is 11.8 Å². The van der Waals surface area contributed by atoms with Crippen LogP contribution < -0.4 is 21.3 Å². The van der Waals surface area contributed by atoms with Crippen LogP contribution in [-0.4, -0.2) is 6.71 Å². The van der Waals surface area contributed by atoms with E-state index in [-0.39, 0.29) is 6.71 Å². The van der Waals surface area contributed by atoms with Crippen LogP contribution in [0, 0.1) is 0 Å². The summed E-state index contributed by atoms with van der Waals surface area (Å²) in [5.74, 6) is 1.38. The summed E-state index contributed by atoms with van der Waals surface area (Å²) in [6.45, 7) is 0.247. The molecule has 6 aromatic rings. The van der Waals surface area contributed by atoms with E-state index in [4.69, 9.17) is 0 Å². The SMILES string of the molecule is c1ccc(-c2cccc(-c3cc4c5c(c3)N(c3ccc(C6CCCCC6)cc3)c3ccc(C6CCCCC6)cc3B5c3ccccc3-4)c2)cc1. The monoisotopic (exact) mass is 645 g/mol. The minimum Gasteiger partial charge on any atom is -0.311 e. The largest absolute Gasteiger partial charge is 0.311 e. The van der Waals surface area contributed by atoms with Crippen molar-refractivity contribution in [3.05, 3.63) is 145 Å². The number of fused-ring (bicyclic) bond motifs is 5. The Labute approximate surface area is 298 Å². The van der Waals surface area contributed by atoms with E-state index in [2.05, 4.69) is 138 Å². The summed E-state index contributed by atoms with van der Waals surface area (Å²) in [6, 6.07) is 51.4. The predicted molar refractivity (Wildman–Crippen MR) is 214 cm³/mol. The third kappa shape index (κ3) is 5.06. The van der Waals surface area contributed by atoms with Gasteiger partial charge in [0.1, 0.15) is 0 Å². The summed E-state index contributed by atoms with van der Waals surface area (Å²) in [7, 11) is 0. The highest BCUT2D eigenvalue weighted by molar-refractivity contribution is 7.01. The van der Waals surface area contributed by atoms with Crippen molar-refractivity contribution in [2.45, 2.75) is 76.0 Å². The molecule has 4 aliphatic rings. The number of hydrogen-bond acceptors (Lipinski definition) is 1. The molecule has 0 aromatic heterocycles. The van der Waals surface area contributed by atoms with Crippen LogP contribution in [0.1, 0.15) is 87.2 Å². The molecule has 0 amide bonds. The molecular formula is C48H44BN. The molecule has 0 unspecified atom stereocenters. The van der Waals surface area contributed by atoms with Crippen LogP contribution in [-0.2, 0) is 0 Å². The second kappa shape index (κ2) is 12.5. The summed E-state index contributed by atoms with van der Waals surface area (Å²) in [5.41, 5.74) is 19.2. The van der Waals surface area contributed by atoms with Crippen LogP contribution in [0.15, 0.2) is 133 Å². The molecule has 0 saturated heterocycles. The number of anilines is 3.